The van der Waals surface area contributed by atoms with Crippen LogP contribution in [-0.2, 0) is 0 Å². The van der Waals surface area contributed by atoms with E-state index < -0.39 is 5.91 Å². The smallest absolute Gasteiger partial charge is 0.249 e. The SMILES string of the molecule is NC(=O)c1ccc(-n2cc(N)cn2)cc1Br. The summed E-state index contributed by atoms with van der Waals surface area (Å²) in [4.78, 5) is 11.0. The van der Waals surface area contributed by atoms with Crippen molar-refractivity contribution in [2.75, 3.05) is 5.73 Å². The number of nitrogen functional groups attached to an aromatic ring is 1. The Bertz CT molecular complexity index is 550. The summed E-state index contributed by atoms with van der Waals surface area (Å²) in [6, 6.07) is 5.14. The fourth-order valence-electron chi connectivity index (χ4n) is 1.32. The molecule has 0 saturated carbocycles. The largest absolute Gasteiger partial charge is 0.396 e. The van der Waals surface area contributed by atoms with E-state index in [1.807, 2.05) is 0 Å². The zero-order valence-corrected chi connectivity index (χ0v) is 9.81. The Labute approximate surface area is 100 Å². The summed E-state index contributed by atoms with van der Waals surface area (Å²) in [6.45, 7) is 0. The molecule has 0 bridgehead atoms. The number of hydrogen-bond donors (Lipinski definition) is 2. The zero-order valence-electron chi connectivity index (χ0n) is 8.22. The van der Waals surface area contributed by atoms with Gasteiger partial charge in [0.2, 0.25) is 5.91 Å². The number of nitrogens with zero attached hydrogens (tertiary/aromatic N) is 2. The van der Waals surface area contributed by atoms with Gasteiger partial charge in [-0.15, -0.1) is 0 Å². The number of carbonyl (C=O) groups excluding carboxylic acids is 1. The van der Waals surface area contributed by atoms with Crippen LogP contribution in [0.4, 0.5) is 5.69 Å². The minimum absolute atomic E-state index is 0.434. The van der Waals surface area contributed by atoms with E-state index in [1.165, 1.54) is 0 Å². The van der Waals surface area contributed by atoms with Crippen LogP contribution in [0.5, 0.6) is 0 Å². The lowest BCUT2D eigenvalue weighted by molar-refractivity contribution is 0.0999. The maximum absolute atomic E-state index is 11.0. The lowest BCUT2D eigenvalue weighted by Crippen LogP contribution is -2.11. The Morgan fingerprint density at radius 1 is 1.44 bits per heavy atom. The standard InChI is InChI=1S/C10H9BrN4O/c11-9-3-7(1-2-8(9)10(13)16)15-5-6(12)4-14-15/h1-5H,12H2,(H2,13,16). The third-order valence-electron chi connectivity index (χ3n) is 2.09. The van der Waals surface area contributed by atoms with Crippen molar-refractivity contribution in [3.05, 3.63) is 40.6 Å². The monoisotopic (exact) mass is 280 g/mol. The van der Waals surface area contributed by atoms with Crippen molar-refractivity contribution < 1.29 is 4.79 Å². The van der Waals surface area contributed by atoms with Crippen LogP contribution in [0, 0.1) is 0 Å². The normalized spacial score (nSPS) is 10.3. The molecule has 0 aliphatic heterocycles. The van der Waals surface area contributed by atoms with Crippen LogP contribution >= 0.6 is 15.9 Å². The van der Waals surface area contributed by atoms with Crippen molar-refractivity contribution in [3.8, 4) is 5.69 Å². The predicted molar refractivity (Wildman–Crippen MR) is 64.2 cm³/mol. The molecule has 82 valence electrons. The fourth-order valence-corrected chi connectivity index (χ4v) is 1.89. The molecule has 0 aliphatic rings. The molecule has 6 heteroatoms. The van der Waals surface area contributed by atoms with E-state index in [9.17, 15) is 4.79 Å². The summed E-state index contributed by atoms with van der Waals surface area (Å²) in [7, 11) is 0. The van der Waals surface area contributed by atoms with E-state index in [2.05, 4.69) is 21.0 Å². The van der Waals surface area contributed by atoms with Gasteiger partial charge in [-0.3, -0.25) is 4.79 Å². The lowest BCUT2D eigenvalue weighted by Gasteiger charge is -2.04. The average Bonchev–Trinajstić information content (AvgIpc) is 2.64. The Balaban J connectivity index is 2.45. The predicted octanol–water partition coefficient (Wildman–Crippen LogP) is 1.32. The molecule has 5 nitrogen and oxygen atoms in total. The molecule has 4 N–H and O–H groups in total. The van der Waals surface area contributed by atoms with E-state index in [0.29, 0.717) is 15.7 Å². The topological polar surface area (TPSA) is 86.9 Å². The number of carbonyl (C=O) groups is 1. The molecule has 1 heterocycles. The highest BCUT2D eigenvalue weighted by molar-refractivity contribution is 9.10. The second-order valence-corrected chi connectivity index (χ2v) is 4.10. The quantitative estimate of drug-likeness (QED) is 0.870. The molecule has 0 saturated heterocycles. The highest BCUT2D eigenvalue weighted by Gasteiger charge is 2.07. The van der Waals surface area contributed by atoms with Gasteiger partial charge in [-0.05, 0) is 34.1 Å². The second-order valence-electron chi connectivity index (χ2n) is 3.25. The van der Waals surface area contributed by atoms with Crippen LogP contribution in [0.25, 0.3) is 5.69 Å². The number of amides is 1. The Kier molecular flexibility index (Phi) is 2.66. The first-order chi connectivity index (χ1) is 7.58. The van der Waals surface area contributed by atoms with E-state index in [-0.39, 0.29) is 0 Å². The molecule has 0 atom stereocenters. The van der Waals surface area contributed by atoms with Gasteiger partial charge in [0.15, 0.2) is 0 Å². The van der Waals surface area contributed by atoms with Crippen LogP contribution < -0.4 is 11.5 Å². The summed E-state index contributed by atoms with van der Waals surface area (Å²) < 4.78 is 2.25. The van der Waals surface area contributed by atoms with Crippen LogP contribution in [0.15, 0.2) is 35.1 Å². The summed E-state index contributed by atoms with van der Waals surface area (Å²) >= 11 is 3.28. The van der Waals surface area contributed by atoms with Crippen LogP contribution in [0.3, 0.4) is 0 Å². The van der Waals surface area contributed by atoms with E-state index in [1.54, 1.807) is 35.3 Å². The number of aromatic nitrogens is 2. The van der Waals surface area contributed by atoms with Crippen LogP contribution in [0.2, 0.25) is 0 Å². The van der Waals surface area contributed by atoms with Crippen LogP contribution in [0.1, 0.15) is 10.4 Å². The Morgan fingerprint density at radius 3 is 2.69 bits per heavy atom. The molecule has 0 fully saturated rings. The van der Waals surface area contributed by atoms with Crippen molar-refractivity contribution in [2.45, 2.75) is 0 Å². The first-order valence-corrected chi connectivity index (χ1v) is 5.27. The highest BCUT2D eigenvalue weighted by atomic mass is 79.9. The summed E-state index contributed by atoms with van der Waals surface area (Å²) in [5.74, 6) is -0.474. The van der Waals surface area contributed by atoms with Crippen molar-refractivity contribution in [1.29, 1.82) is 0 Å². The van der Waals surface area contributed by atoms with Gasteiger partial charge in [0.25, 0.3) is 0 Å². The second kappa shape index (κ2) is 3.97. The van der Waals surface area contributed by atoms with Gasteiger partial charge >= 0.3 is 0 Å². The number of benzene rings is 1. The molecule has 2 rings (SSSR count). The molecule has 0 unspecified atom stereocenters. The summed E-state index contributed by atoms with van der Waals surface area (Å²) in [6.07, 6.45) is 3.24. The van der Waals surface area contributed by atoms with E-state index in [0.717, 1.165) is 5.69 Å². The minimum Gasteiger partial charge on any atom is -0.396 e. The van der Waals surface area contributed by atoms with Gasteiger partial charge in [0.1, 0.15) is 0 Å². The molecule has 0 radical (unpaired) electrons. The highest BCUT2D eigenvalue weighted by Crippen LogP contribution is 2.20. The van der Waals surface area contributed by atoms with Crippen molar-refractivity contribution in [2.24, 2.45) is 5.73 Å². The van der Waals surface area contributed by atoms with Crippen LogP contribution in [-0.4, -0.2) is 15.7 Å². The molecule has 2 aromatic rings. The molecule has 0 aliphatic carbocycles. The van der Waals surface area contributed by atoms with Crippen molar-refractivity contribution in [1.82, 2.24) is 9.78 Å². The maximum atomic E-state index is 11.0. The van der Waals surface area contributed by atoms with E-state index in [4.69, 9.17) is 11.5 Å². The average molecular weight is 281 g/mol. The number of primary amides is 1. The maximum Gasteiger partial charge on any atom is 0.249 e. The van der Waals surface area contributed by atoms with Gasteiger partial charge in [0, 0.05) is 4.47 Å². The Hall–Kier alpha value is -1.82. The minimum atomic E-state index is -0.474. The van der Waals surface area contributed by atoms with Gasteiger partial charge in [-0.25, -0.2) is 4.68 Å². The number of halogens is 1. The number of rotatable bonds is 2. The number of hydrogen-bond acceptors (Lipinski definition) is 3. The molecular formula is C10H9BrN4O. The summed E-state index contributed by atoms with van der Waals surface area (Å²) in [5.41, 5.74) is 12.6. The molecule has 0 spiro atoms. The first-order valence-electron chi connectivity index (χ1n) is 4.48. The molecule has 1 aromatic heterocycles. The molecular weight excluding hydrogens is 272 g/mol. The lowest BCUT2D eigenvalue weighted by atomic mass is 10.2. The van der Waals surface area contributed by atoms with Gasteiger partial charge in [-0.2, -0.15) is 5.10 Å². The summed E-state index contributed by atoms with van der Waals surface area (Å²) in [5, 5.41) is 4.06. The van der Waals surface area contributed by atoms with Crippen molar-refractivity contribution in [3.63, 3.8) is 0 Å². The third kappa shape index (κ3) is 1.92. The zero-order chi connectivity index (χ0) is 11.7. The van der Waals surface area contributed by atoms with Gasteiger partial charge < -0.3 is 11.5 Å². The fraction of sp³-hybridized carbons (Fsp3) is 0. The van der Waals surface area contributed by atoms with Crippen molar-refractivity contribution >= 4 is 27.5 Å². The molecule has 1 amide bonds. The number of nitrogens with two attached hydrogens (primary N) is 2. The van der Waals surface area contributed by atoms with Gasteiger partial charge in [-0.1, -0.05) is 0 Å². The van der Waals surface area contributed by atoms with Gasteiger partial charge in [0.05, 0.1) is 29.3 Å². The molecule has 16 heavy (non-hydrogen) atoms. The first kappa shape index (κ1) is 10.7. The van der Waals surface area contributed by atoms with E-state index >= 15 is 0 Å². The number of anilines is 1. The third-order valence-corrected chi connectivity index (χ3v) is 2.74. The Morgan fingerprint density at radius 2 is 2.19 bits per heavy atom. The molecule has 1 aromatic carbocycles.